The smallest absolute Gasteiger partial charge is 0.251 e. The van der Waals surface area contributed by atoms with Crippen LogP contribution in [-0.2, 0) is 13.0 Å². The first-order chi connectivity index (χ1) is 16.1. The molecule has 0 fully saturated rings. The van der Waals surface area contributed by atoms with Gasteiger partial charge < -0.3 is 19.4 Å². The van der Waals surface area contributed by atoms with Crippen molar-refractivity contribution in [2.75, 3.05) is 20.3 Å². The number of benzene rings is 3. The number of nitrogens with one attached hydrogen (secondary N) is 1. The highest BCUT2D eigenvalue weighted by atomic mass is 16.5. The van der Waals surface area contributed by atoms with E-state index < -0.39 is 0 Å². The Morgan fingerprint density at radius 2 is 1.76 bits per heavy atom. The van der Waals surface area contributed by atoms with Crippen LogP contribution < -0.4 is 14.8 Å². The summed E-state index contributed by atoms with van der Waals surface area (Å²) in [6.07, 6.45) is 0.619. The second-order valence-electron chi connectivity index (χ2n) is 7.98. The lowest BCUT2D eigenvalue weighted by Crippen LogP contribution is -2.26. The summed E-state index contributed by atoms with van der Waals surface area (Å²) >= 11 is 0. The molecule has 4 rings (SSSR count). The normalized spacial score (nSPS) is 10.9. The maximum Gasteiger partial charge on any atom is 0.251 e. The third-order valence-corrected chi connectivity index (χ3v) is 5.67. The van der Waals surface area contributed by atoms with E-state index in [1.807, 2.05) is 36.4 Å². The van der Waals surface area contributed by atoms with E-state index in [4.69, 9.17) is 14.5 Å². The molecule has 6 nitrogen and oxygen atoms in total. The molecular formula is C27H29N3O3. The maximum absolute atomic E-state index is 12.5. The van der Waals surface area contributed by atoms with Crippen molar-refractivity contribution < 1.29 is 14.3 Å². The Labute approximate surface area is 194 Å². The van der Waals surface area contributed by atoms with E-state index in [0.29, 0.717) is 37.4 Å². The molecule has 170 valence electrons. The minimum atomic E-state index is -0.130. The van der Waals surface area contributed by atoms with Gasteiger partial charge in [-0.05, 0) is 55.3 Å². The summed E-state index contributed by atoms with van der Waals surface area (Å²) in [5.41, 5.74) is 4.84. The molecule has 0 unspecified atom stereocenters. The van der Waals surface area contributed by atoms with Gasteiger partial charge in [0.05, 0.1) is 24.7 Å². The van der Waals surface area contributed by atoms with Crippen LogP contribution in [0.2, 0.25) is 0 Å². The molecule has 0 aliphatic rings. The monoisotopic (exact) mass is 443 g/mol. The SMILES string of the molecule is COc1cccc(C(=O)NCCc2nc3ccccc3n2CCOc2c(C)cccc2C)c1. The minimum Gasteiger partial charge on any atom is -0.497 e. The molecule has 4 aromatic rings. The number of carbonyl (C=O) groups excluding carboxylic acids is 1. The third-order valence-electron chi connectivity index (χ3n) is 5.67. The van der Waals surface area contributed by atoms with Crippen molar-refractivity contribution in [3.05, 3.63) is 89.2 Å². The Morgan fingerprint density at radius 1 is 1.00 bits per heavy atom. The van der Waals surface area contributed by atoms with E-state index >= 15 is 0 Å². The zero-order valence-corrected chi connectivity index (χ0v) is 19.3. The topological polar surface area (TPSA) is 65.4 Å². The minimum absolute atomic E-state index is 0.130. The van der Waals surface area contributed by atoms with E-state index in [2.05, 4.69) is 41.9 Å². The lowest BCUT2D eigenvalue weighted by Gasteiger charge is -2.14. The standard InChI is InChI=1S/C27H29N3O3/c1-19-8-6-9-20(2)26(19)33-17-16-30-24-13-5-4-12-23(24)29-25(30)14-15-28-27(31)21-10-7-11-22(18-21)32-3/h4-13,18H,14-17H2,1-3H3,(H,28,31). The molecule has 0 spiro atoms. The highest BCUT2D eigenvalue weighted by Gasteiger charge is 2.12. The number of para-hydroxylation sites is 3. The van der Waals surface area contributed by atoms with Crippen molar-refractivity contribution in [3.63, 3.8) is 0 Å². The Morgan fingerprint density at radius 3 is 2.55 bits per heavy atom. The molecule has 0 radical (unpaired) electrons. The van der Waals surface area contributed by atoms with Crippen LogP contribution >= 0.6 is 0 Å². The van der Waals surface area contributed by atoms with Crippen molar-refractivity contribution >= 4 is 16.9 Å². The van der Waals surface area contributed by atoms with Gasteiger partial charge in [-0.25, -0.2) is 4.98 Å². The maximum atomic E-state index is 12.5. The van der Waals surface area contributed by atoms with Crippen LogP contribution in [0.15, 0.2) is 66.7 Å². The fraction of sp³-hybridized carbons (Fsp3) is 0.259. The molecule has 1 heterocycles. The van der Waals surface area contributed by atoms with Gasteiger partial charge in [0.2, 0.25) is 0 Å². The summed E-state index contributed by atoms with van der Waals surface area (Å²) in [6.45, 7) is 5.82. The van der Waals surface area contributed by atoms with E-state index in [1.54, 1.807) is 19.2 Å². The molecule has 0 saturated carbocycles. The number of ether oxygens (including phenoxy) is 2. The molecule has 0 saturated heterocycles. The first-order valence-electron chi connectivity index (χ1n) is 11.1. The fourth-order valence-electron chi connectivity index (χ4n) is 3.99. The summed E-state index contributed by atoms with van der Waals surface area (Å²) in [6, 6.07) is 21.4. The van der Waals surface area contributed by atoms with Crippen LogP contribution in [0.3, 0.4) is 0 Å². The largest absolute Gasteiger partial charge is 0.497 e. The average Bonchev–Trinajstić information content (AvgIpc) is 3.18. The van der Waals surface area contributed by atoms with Crippen LogP contribution in [0, 0.1) is 13.8 Å². The number of aromatic nitrogens is 2. The molecule has 1 aromatic heterocycles. The summed E-state index contributed by atoms with van der Waals surface area (Å²) in [7, 11) is 1.59. The summed E-state index contributed by atoms with van der Waals surface area (Å²) in [5.74, 6) is 2.39. The second-order valence-corrected chi connectivity index (χ2v) is 7.98. The Bertz CT molecular complexity index is 1240. The number of hydrogen-bond acceptors (Lipinski definition) is 4. The van der Waals surface area contributed by atoms with Crippen molar-refractivity contribution in [1.82, 2.24) is 14.9 Å². The molecule has 0 aliphatic heterocycles. The molecule has 1 N–H and O–H groups in total. The van der Waals surface area contributed by atoms with E-state index in [9.17, 15) is 4.79 Å². The van der Waals surface area contributed by atoms with Gasteiger partial charge in [-0.2, -0.15) is 0 Å². The van der Waals surface area contributed by atoms with Gasteiger partial charge in [0.1, 0.15) is 23.9 Å². The van der Waals surface area contributed by atoms with Crippen LogP contribution in [0.4, 0.5) is 0 Å². The first-order valence-corrected chi connectivity index (χ1v) is 11.1. The first kappa shape index (κ1) is 22.4. The van der Waals surface area contributed by atoms with Gasteiger partial charge in [0.25, 0.3) is 5.91 Å². The fourth-order valence-corrected chi connectivity index (χ4v) is 3.99. The zero-order valence-electron chi connectivity index (χ0n) is 19.3. The summed E-state index contributed by atoms with van der Waals surface area (Å²) < 4.78 is 13.5. The van der Waals surface area contributed by atoms with Gasteiger partial charge in [0.15, 0.2) is 0 Å². The molecular weight excluding hydrogens is 414 g/mol. The van der Waals surface area contributed by atoms with Gasteiger partial charge in [-0.3, -0.25) is 4.79 Å². The van der Waals surface area contributed by atoms with Gasteiger partial charge in [0, 0.05) is 18.5 Å². The number of rotatable bonds is 9. The predicted molar refractivity (Wildman–Crippen MR) is 130 cm³/mol. The quantitative estimate of drug-likeness (QED) is 0.407. The van der Waals surface area contributed by atoms with Crippen molar-refractivity contribution in [1.29, 1.82) is 0 Å². The lowest BCUT2D eigenvalue weighted by atomic mass is 10.1. The molecule has 3 aromatic carbocycles. The van der Waals surface area contributed by atoms with Crippen molar-refractivity contribution in [3.8, 4) is 11.5 Å². The number of hydrogen-bond donors (Lipinski definition) is 1. The van der Waals surface area contributed by atoms with Crippen molar-refractivity contribution in [2.24, 2.45) is 0 Å². The van der Waals surface area contributed by atoms with Crippen LogP contribution in [0.25, 0.3) is 11.0 Å². The number of nitrogens with zero attached hydrogens (tertiary/aromatic N) is 2. The summed E-state index contributed by atoms with van der Waals surface area (Å²) in [5, 5.41) is 2.99. The van der Waals surface area contributed by atoms with Crippen LogP contribution in [0.1, 0.15) is 27.3 Å². The zero-order chi connectivity index (χ0) is 23.2. The predicted octanol–water partition coefficient (Wildman–Crippen LogP) is 4.71. The number of methoxy groups -OCH3 is 1. The van der Waals surface area contributed by atoms with E-state index in [-0.39, 0.29) is 5.91 Å². The van der Waals surface area contributed by atoms with Gasteiger partial charge in [-0.1, -0.05) is 36.4 Å². The van der Waals surface area contributed by atoms with Gasteiger partial charge >= 0.3 is 0 Å². The molecule has 0 bridgehead atoms. The third kappa shape index (κ3) is 5.17. The molecule has 33 heavy (non-hydrogen) atoms. The number of aryl methyl sites for hydroxylation is 2. The van der Waals surface area contributed by atoms with E-state index in [1.165, 1.54) is 0 Å². The summed E-state index contributed by atoms with van der Waals surface area (Å²) in [4.78, 5) is 17.3. The average molecular weight is 444 g/mol. The number of amides is 1. The molecule has 0 atom stereocenters. The van der Waals surface area contributed by atoms with Crippen LogP contribution in [-0.4, -0.2) is 35.7 Å². The second kappa shape index (κ2) is 10.2. The Hall–Kier alpha value is -3.80. The number of carbonyl (C=O) groups is 1. The molecule has 6 heteroatoms. The highest BCUT2D eigenvalue weighted by molar-refractivity contribution is 5.94. The van der Waals surface area contributed by atoms with Gasteiger partial charge in [-0.15, -0.1) is 0 Å². The lowest BCUT2D eigenvalue weighted by molar-refractivity contribution is 0.0953. The van der Waals surface area contributed by atoms with Crippen LogP contribution in [0.5, 0.6) is 11.5 Å². The van der Waals surface area contributed by atoms with Crippen molar-refractivity contribution in [2.45, 2.75) is 26.8 Å². The molecule has 1 amide bonds. The Kier molecular flexibility index (Phi) is 6.93. The number of imidazole rings is 1. The molecule has 0 aliphatic carbocycles. The highest BCUT2D eigenvalue weighted by Crippen LogP contribution is 2.23. The number of fused-ring (bicyclic) bond motifs is 1. The Balaban J connectivity index is 1.44. The van der Waals surface area contributed by atoms with E-state index in [0.717, 1.165) is 33.7 Å².